The summed E-state index contributed by atoms with van der Waals surface area (Å²) in [5, 5.41) is 6.41. The Balaban J connectivity index is 1.78. The van der Waals surface area contributed by atoms with Crippen molar-refractivity contribution in [1.82, 2.24) is 5.32 Å². The fraction of sp³-hybridized carbons (Fsp3) is 0.917. The molecule has 0 amide bonds. The molecule has 4 heteroatoms. The highest BCUT2D eigenvalue weighted by Gasteiger charge is 2.29. The van der Waals surface area contributed by atoms with E-state index in [1.54, 1.807) is 0 Å². The van der Waals surface area contributed by atoms with E-state index >= 15 is 0 Å². The van der Waals surface area contributed by atoms with Crippen LogP contribution in [0.15, 0.2) is 4.99 Å². The molecule has 3 atom stereocenters. The average Bonchev–Trinajstić information content (AvgIpc) is 2.89. The third-order valence-corrected chi connectivity index (χ3v) is 5.75. The summed E-state index contributed by atoms with van der Waals surface area (Å²) in [5.41, 5.74) is 0. The standard InChI is InChI=1S/C12H22N2S2/c1-3-5-9-8-13-12(16-9)14-10-6-4-7-11(10)15-2/h9-11H,3-8H2,1-2H3,(H,13,14). The van der Waals surface area contributed by atoms with E-state index in [1.807, 2.05) is 23.5 Å². The van der Waals surface area contributed by atoms with Gasteiger partial charge in [0.1, 0.15) is 0 Å². The molecule has 0 aromatic carbocycles. The molecular weight excluding hydrogens is 236 g/mol. The van der Waals surface area contributed by atoms with Gasteiger partial charge in [0.15, 0.2) is 5.17 Å². The molecule has 1 aliphatic carbocycles. The van der Waals surface area contributed by atoms with Gasteiger partial charge in [-0.15, -0.1) is 0 Å². The van der Waals surface area contributed by atoms with Crippen molar-refractivity contribution in [3.05, 3.63) is 0 Å². The fourth-order valence-electron chi connectivity index (χ4n) is 2.50. The van der Waals surface area contributed by atoms with Gasteiger partial charge in [0.05, 0.1) is 6.54 Å². The summed E-state index contributed by atoms with van der Waals surface area (Å²) in [6, 6.07) is 0.668. The quantitative estimate of drug-likeness (QED) is 0.838. The van der Waals surface area contributed by atoms with Gasteiger partial charge >= 0.3 is 0 Å². The van der Waals surface area contributed by atoms with Crippen LogP contribution >= 0.6 is 23.5 Å². The van der Waals surface area contributed by atoms with Crippen molar-refractivity contribution < 1.29 is 0 Å². The second-order valence-electron chi connectivity index (χ2n) is 4.63. The van der Waals surface area contributed by atoms with Gasteiger partial charge in [0.2, 0.25) is 0 Å². The van der Waals surface area contributed by atoms with Crippen molar-refractivity contribution in [2.24, 2.45) is 4.99 Å². The number of nitrogens with one attached hydrogen (secondary N) is 1. The van der Waals surface area contributed by atoms with Gasteiger partial charge in [0, 0.05) is 16.5 Å². The van der Waals surface area contributed by atoms with Crippen LogP contribution in [0.2, 0.25) is 0 Å². The smallest absolute Gasteiger partial charge is 0.157 e. The molecule has 0 bridgehead atoms. The molecule has 92 valence electrons. The molecule has 3 unspecified atom stereocenters. The molecule has 0 radical (unpaired) electrons. The van der Waals surface area contributed by atoms with Gasteiger partial charge in [0.25, 0.3) is 0 Å². The van der Waals surface area contributed by atoms with Crippen molar-refractivity contribution >= 4 is 28.7 Å². The van der Waals surface area contributed by atoms with Crippen molar-refractivity contribution in [1.29, 1.82) is 0 Å². The maximum atomic E-state index is 4.63. The van der Waals surface area contributed by atoms with E-state index in [4.69, 9.17) is 0 Å². The van der Waals surface area contributed by atoms with Crippen LogP contribution in [0.4, 0.5) is 0 Å². The van der Waals surface area contributed by atoms with E-state index in [0.29, 0.717) is 6.04 Å². The van der Waals surface area contributed by atoms with Crippen LogP contribution in [0.1, 0.15) is 39.0 Å². The second kappa shape index (κ2) is 6.20. The summed E-state index contributed by atoms with van der Waals surface area (Å²) >= 11 is 3.97. The summed E-state index contributed by atoms with van der Waals surface area (Å²) in [4.78, 5) is 4.63. The van der Waals surface area contributed by atoms with Gasteiger partial charge < -0.3 is 5.32 Å². The van der Waals surface area contributed by atoms with Crippen LogP contribution < -0.4 is 5.32 Å². The highest BCUT2D eigenvalue weighted by atomic mass is 32.2. The third-order valence-electron chi connectivity index (χ3n) is 3.39. The van der Waals surface area contributed by atoms with Gasteiger partial charge in [-0.3, -0.25) is 4.99 Å². The SMILES string of the molecule is CCCC1CN=C(NC2CCCC2SC)S1. The molecule has 0 saturated heterocycles. The minimum Gasteiger partial charge on any atom is -0.361 e. The van der Waals surface area contributed by atoms with Crippen LogP contribution in [0.5, 0.6) is 0 Å². The molecule has 1 saturated carbocycles. The first kappa shape index (κ1) is 12.6. The number of amidine groups is 1. The molecule has 1 N–H and O–H groups in total. The van der Waals surface area contributed by atoms with E-state index in [1.165, 1.54) is 37.3 Å². The second-order valence-corrected chi connectivity index (χ2v) is 7.00. The Morgan fingerprint density at radius 3 is 3.12 bits per heavy atom. The van der Waals surface area contributed by atoms with Gasteiger partial charge in [-0.1, -0.05) is 31.5 Å². The molecule has 2 nitrogen and oxygen atoms in total. The Kier molecular flexibility index (Phi) is 4.89. The molecule has 1 aliphatic heterocycles. The van der Waals surface area contributed by atoms with E-state index in [2.05, 4.69) is 23.5 Å². The Morgan fingerprint density at radius 1 is 1.50 bits per heavy atom. The van der Waals surface area contributed by atoms with Gasteiger partial charge in [-0.05, 0) is 25.5 Å². The lowest BCUT2D eigenvalue weighted by Crippen LogP contribution is -2.36. The van der Waals surface area contributed by atoms with Crippen molar-refractivity contribution in [3.8, 4) is 0 Å². The number of thioether (sulfide) groups is 2. The lowest BCUT2D eigenvalue weighted by Gasteiger charge is -2.20. The first-order chi connectivity index (χ1) is 7.83. The van der Waals surface area contributed by atoms with Crippen LogP contribution in [0, 0.1) is 0 Å². The third kappa shape index (κ3) is 3.10. The van der Waals surface area contributed by atoms with Crippen LogP contribution in [-0.4, -0.2) is 34.5 Å². The fourth-order valence-corrected chi connectivity index (χ4v) is 4.62. The molecule has 0 aromatic rings. The zero-order valence-corrected chi connectivity index (χ0v) is 11.9. The maximum absolute atomic E-state index is 4.63. The monoisotopic (exact) mass is 258 g/mol. The number of rotatable bonds is 4. The summed E-state index contributed by atoms with van der Waals surface area (Å²) in [6.45, 7) is 3.28. The molecule has 0 spiro atoms. The van der Waals surface area contributed by atoms with Gasteiger partial charge in [-0.25, -0.2) is 0 Å². The number of aliphatic imine (C=N–C) groups is 1. The largest absolute Gasteiger partial charge is 0.361 e. The molecule has 2 aliphatic rings. The van der Waals surface area contributed by atoms with Crippen molar-refractivity contribution in [2.45, 2.75) is 55.6 Å². The zero-order chi connectivity index (χ0) is 11.4. The molecule has 16 heavy (non-hydrogen) atoms. The minimum atomic E-state index is 0.668. The highest BCUT2D eigenvalue weighted by Crippen LogP contribution is 2.30. The van der Waals surface area contributed by atoms with Crippen LogP contribution in [-0.2, 0) is 0 Å². The maximum Gasteiger partial charge on any atom is 0.157 e. The molecule has 0 aromatic heterocycles. The lowest BCUT2D eigenvalue weighted by atomic mass is 10.2. The Morgan fingerprint density at radius 2 is 2.38 bits per heavy atom. The predicted molar refractivity (Wildman–Crippen MR) is 76.7 cm³/mol. The predicted octanol–water partition coefficient (Wildman–Crippen LogP) is 3.13. The van der Waals surface area contributed by atoms with E-state index in [-0.39, 0.29) is 0 Å². The van der Waals surface area contributed by atoms with Crippen LogP contribution in [0.3, 0.4) is 0 Å². The summed E-state index contributed by atoms with van der Waals surface area (Å²) in [5.74, 6) is 0. The van der Waals surface area contributed by atoms with E-state index in [0.717, 1.165) is 17.0 Å². The van der Waals surface area contributed by atoms with Crippen LogP contribution in [0.25, 0.3) is 0 Å². The minimum absolute atomic E-state index is 0.668. The van der Waals surface area contributed by atoms with Crippen molar-refractivity contribution in [2.75, 3.05) is 12.8 Å². The molecule has 1 heterocycles. The topological polar surface area (TPSA) is 24.4 Å². The Bertz CT molecular complexity index is 255. The average molecular weight is 258 g/mol. The number of hydrogen-bond donors (Lipinski definition) is 1. The van der Waals surface area contributed by atoms with Crippen molar-refractivity contribution in [3.63, 3.8) is 0 Å². The summed E-state index contributed by atoms with van der Waals surface area (Å²) in [6.07, 6.45) is 8.87. The normalized spacial score (nSPS) is 34.1. The lowest BCUT2D eigenvalue weighted by molar-refractivity contribution is 0.646. The zero-order valence-electron chi connectivity index (χ0n) is 10.2. The summed E-state index contributed by atoms with van der Waals surface area (Å²) < 4.78 is 0. The molecule has 2 rings (SSSR count). The van der Waals surface area contributed by atoms with Gasteiger partial charge in [-0.2, -0.15) is 11.8 Å². The number of hydrogen-bond acceptors (Lipinski definition) is 4. The Labute approximate surface area is 107 Å². The van der Waals surface area contributed by atoms with E-state index in [9.17, 15) is 0 Å². The first-order valence-electron chi connectivity index (χ1n) is 6.34. The highest BCUT2D eigenvalue weighted by molar-refractivity contribution is 8.14. The molecular formula is C12H22N2S2. The number of nitrogens with zero attached hydrogens (tertiary/aromatic N) is 1. The Hall–Kier alpha value is 0.170. The molecule has 1 fully saturated rings. The summed E-state index contributed by atoms with van der Waals surface area (Å²) in [7, 11) is 0. The van der Waals surface area contributed by atoms with E-state index < -0.39 is 0 Å². The first-order valence-corrected chi connectivity index (χ1v) is 8.50.